The topological polar surface area (TPSA) is 56.5 Å². The zero-order valence-corrected chi connectivity index (χ0v) is 15.1. The Morgan fingerprint density at radius 3 is 2.50 bits per heavy atom. The van der Waals surface area contributed by atoms with Gasteiger partial charge in [-0.05, 0) is 31.4 Å². The quantitative estimate of drug-likeness (QED) is 0.926. The van der Waals surface area contributed by atoms with E-state index < -0.39 is 5.60 Å². The van der Waals surface area contributed by atoms with Gasteiger partial charge in [0, 0.05) is 24.2 Å². The smallest absolute Gasteiger partial charge is 0.0995 e. The van der Waals surface area contributed by atoms with Crippen LogP contribution in [0.1, 0.15) is 35.1 Å². The summed E-state index contributed by atoms with van der Waals surface area (Å²) in [6, 6.07) is 18.7. The van der Waals surface area contributed by atoms with E-state index in [0.717, 1.165) is 17.7 Å². The van der Waals surface area contributed by atoms with Crippen LogP contribution < -0.4 is 0 Å². The van der Waals surface area contributed by atoms with Crippen LogP contribution in [0, 0.1) is 18.3 Å². The van der Waals surface area contributed by atoms with Crippen molar-refractivity contribution in [1.82, 2.24) is 4.90 Å². The van der Waals surface area contributed by atoms with Gasteiger partial charge in [-0.3, -0.25) is 4.90 Å². The molecule has 0 radical (unpaired) electrons. The predicted molar refractivity (Wildman–Crippen MR) is 99.4 cm³/mol. The zero-order valence-electron chi connectivity index (χ0n) is 15.1. The van der Waals surface area contributed by atoms with Gasteiger partial charge < -0.3 is 9.84 Å². The standard InChI is InChI=1S/C22H24N2O2/c1-16-7-8-18(12-23)21(9-16)22(25)10-19-14-26-15-20(11-22)24(19)13-17-5-3-2-4-6-17/h2-9,19-20,25H,10-11,13-15H2,1H3. The monoisotopic (exact) mass is 348 g/mol. The largest absolute Gasteiger partial charge is 0.385 e. The van der Waals surface area contributed by atoms with Gasteiger partial charge in [0.2, 0.25) is 0 Å². The van der Waals surface area contributed by atoms with Gasteiger partial charge in [-0.1, -0.05) is 48.0 Å². The van der Waals surface area contributed by atoms with Gasteiger partial charge in [-0.15, -0.1) is 0 Å². The lowest BCUT2D eigenvalue weighted by Gasteiger charge is -2.52. The highest BCUT2D eigenvalue weighted by molar-refractivity contribution is 5.44. The van der Waals surface area contributed by atoms with E-state index in [1.807, 2.05) is 31.2 Å². The molecule has 0 amide bonds. The number of nitriles is 1. The number of fused-ring (bicyclic) bond motifs is 2. The normalized spacial score (nSPS) is 28.5. The molecule has 2 bridgehead atoms. The molecule has 2 atom stereocenters. The third kappa shape index (κ3) is 3.14. The van der Waals surface area contributed by atoms with Crippen LogP contribution in [0.25, 0.3) is 0 Å². The van der Waals surface area contributed by atoms with E-state index in [1.54, 1.807) is 0 Å². The van der Waals surface area contributed by atoms with Crippen molar-refractivity contribution in [3.63, 3.8) is 0 Å². The maximum atomic E-state index is 11.5. The van der Waals surface area contributed by atoms with Crippen LogP contribution in [-0.2, 0) is 16.9 Å². The van der Waals surface area contributed by atoms with Crippen LogP contribution in [0.3, 0.4) is 0 Å². The van der Waals surface area contributed by atoms with Crippen molar-refractivity contribution in [3.05, 3.63) is 70.8 Å². The number of nitrogens with zero attached hydrogens (tertiary/aromatic N) is 2. The fraction of sp³-hybridized carbons (Fsp3) is 0.409. The van der Waals surface area contributed by atoms with Gasteiger partial charge in [0.15, 0.2) is 0 Å². The van der Waals surface area contributed by atoms with E-state index in [4.69, 9.17) is 4.74 Å². The molecule has 1 N–H and O–H groups in total. The molecule has 0 aliphatic carbocycles. The lowest BCUT2D eigenvalue weighted by molar-refractivity contribution is -0.149. The van der Waals surface area contributed by atoms with Crippen LogP contribution in [-0.4, -0.2) is 35.3 Å². The second-order valence-corrected chi connectivity index (χ2v) is 7.60. The molecule has 4 heteroatoms. The van der Waals surface area contributed by atoms with Crippen LogP contribution >= 0.6 is 0 Å². The van der Waals surface area contributed by atoms with Gasteiger partial charge >= 0.3 is 0 Å². The Balaban J connectivity index is 1.64. The minimum atomic E-state index is -0.969. The van der Waals surface area contributed by atoms with Gasteiger partial charge in [-0.2, -0.15) is 5.26 Å². The third-order valence-electron chi connectivity index (χ3n) is 5.71. The summed E-state index contributed by atoms with van der Waals surface area (Å²) >= 11 is 0. The molecule has 0 aromatic heterocycles. The summed E-state index contributed by atoms with van der Waals surface area (Å²) in [5.74, 6) is 0. The number of rotatable bonds is 3. The number of piperidine rings is 1. The van der Waals surface area contributed by atoms with E-state index in [0.29, 0.717) is 31.6 Å². The number of morpholine rings is 1. The molecule has 26 heavy (non-hydrogen) atoms. The molecule has 2 aliphatic rings. The molecular weight excluding hydrogens is 324 g/mol. The number of benzene rings is 2. The first-order valence-electron chi connectivity index (χ1n) is 9.20. The van der Waals surface area contributed by atoms with E-state index in [2.05, 4.69) is 35.2 Å². The number of aryl methyl sites for hydroxylation is 1. The van der Waals surface area contributed by atoms with E-state index in [-0.39, 0.29) is 12.1 Å². The van der Waals surface area contributed by atoms with Crippen LogP contribution in [0.15, 0.2) is 48.5 Å². The molecule has 2 unspecified atom stereocenters. The molecule has 2 aliphatic heterocycles. The van der Waals surface area contributed by atoms with Crippen LogP contribution in [0.4, 0.5) is 0 Å². The minimum Gasteiger partial charge on any atom is -0.385 e. The van der Waals surface area contributed by atoms with E-state index >= 15 is 0 Å². The molecule has 134 valence electrons. The predicted octanol–water partition coefficient (Wildman–Crippen LogP) is 3.12. The Bertz CT molecular complexity index is 814. The molecule has 0 spiro atoms. The summed E-state index contributed by atoms with van der Waals surface area (Å²) < 4.78 is 5.80. The SMILES string of the molecule is Cc1ccc(C#N)c(C2(O)CC3COCC(C2)N3Cc2ccccc2)c1. The summed E-state index contributed by atoms with van der Waals surface area (Å²) in [6.07, 6.45) is 1.18. The summed E-state index contributed by atoms with van der Waals surface area (Å²) in [6.45, 7) is 4.12. The van der Waals surface area contributed by atoms with Crippen molar-refractivity contribution in [2.24, 2.45) is 0 Å². The fourth-order valence-electron chi connectivity index (χ4n) is 4.46. The highest BCUT2D eigenvalue weighted by Crippen LogP contribution is 2.42. The van der Waals surface area contributed by atoms with Crippen molar-refractivity contribution < 1.29 is 9.84 Å². The summed E-state index contributed by atoms with van der Waals surface area (Å²) in [4.78, 5) is 2.47. The first-order valence-corrected chi connectivity index (χ1v) is 9.20. The molecule has 2 aromatic rings. The lowest BCUT2D eigenvalue weighted by atomic mass is 9.75. The first kappa shape index (κ1) is 17.2. The van der Waals surface area contributed by atoms with Crippen LogP contribution in [0.2, 0.25) is 0 Å². The van der Waals surface area contributed by atoms with Gasteiger partial charge in [0.1, 0.15) is 0 Å². The Morgan fingerprint density at radius 1 is 1.15 bits per heavy atom. The maximum absolute atomic E-state index is 11.5. The van der Waals surface area contributed by atoms with Crippen molar-refractivity contribution in [3.8, 4) is 6.07 Å². The maximum Gasteiger partial charge on any atom is 0.0995 e. The van der Waals surface area contributed by atoms with Gasteiger partial charge in [0.05, 0.1) is 30.4 Å². The summed E-state index contributed by atoms with van der Waals surface area (Å²) in [5, 5.41) is 21.0. The molecule has 2 aromatic carbocycles. The molecule has 2 saturated heterocycles. The number of hydrogen-bond acceptors (Lipinski definition) is 4. The first-order chi connectivity index (χ1) is 12.6. The number of aliphatic hydroxyl groups is 1. The van der Waals surface area contributed by atoms with E-state index in [1.165, 1.54) is 5.56 Å². The molecular formula is C22H24N2O2. The minimum absolute atomic E-state index is 0.153. The highest BCUT2D eigenvalue weighted by Gasteiger charge is 2.47. The average Bonchev–Trinajstić information content (AvgIpc) is 2.63. The fourth-order valence-corrected chi connectivity index (χ4v) is 4.46. The zero-order chi connectivity index (χ0) is 18.1. The van der Waals surface area contributed by atoms with Crippen molar-refractivity contribution in [2.75, 3.05) is 13.2 Å². The lowest BCUT2D eigenvalue weighted by Crippen LogP contribution is -2.60. The summed E-state index contributed by atoms with van der Waals surface area (Å²) in [7, 11) is 0. The Kier molecular flexibility index (Phi) is 4.54. The Hall–Kier alpha value is -2.19. The number of hydrogen-bond donors (Lipinski definition) is 1. The summed E-state index contributed by atoms with van der Waals surface area (Å²) in [5.41, 5.74) is 2.73. The van der Waals surface area contributed by atoms with E-state index in [9.17, 15) is 10.4 Å². The molecule has 0 saturated carbocycles. The van der Waals surface area contributed by atoms with Crippen molar-refractivity contribution in [1.29, 1.82) is 5.26 Å². The highest BCUT2D eigenvalue weighted by atomic mass is 16.5. The Morgan fingerprint density at radius 2 is 1.85 bits per heavy atom. The average molecular weight is 348 g/mol. The second-order valence-electron chi connectivity index (χ2n) is 7.60. The molecule has 4 rings (SSSR count). The van der Waals surface area contributed by atoms with Gasteiger partial charge in [-0.25, -0.2) is 0 Å². The number of ether oxygens (including phenoxy) is 1. The van der Waals surface area contributed by atoms with Crippen molar-refractivity contribution in [2.45, 2.75) is 44.0 Å². The van der Waals surface area contributed by atoms with Crippen LogP contribution in [0.5, 0.6) is 0 Å². The molecule has 2 fully saturated rings. The molecule has 2 heterocycles. The van der Waals surface area contributed by atoms with Crippen molar-refractivity contribution >= 4 is 0 Å². The second kappa shape index (κ2) is 6.85. The molecule has 4 nitrogen and oxygen atoms in total. The third-order valence-corrected chi connectivity index (χ3v) is 5.71. The van der Waals surface area contributed by atoms with Gasteiger partial charge in [0.25, 0.3) is 0 Å². The Labute approximate surface area is 154 Å².